The highest BCUT2D eigenvalue weighted by atomic mass is 32.2. The molecule has 0 aliphatic carbocycles. The Balaban J connectivity index is 1.61. The van der Waals surface area contributed by atoms with Gasteiger partial charge in [0.2, 0.25) is 0 Å². The predicted molar refractivity (Wildman–Crippen MR) is 105 cm³/mol. The van der Waals surface area contributed by atoms with E-state index in [2.05, 4.69) is 43.3 Å². The number of ether oxygens (including phenoxy) is 1. The zero-order chi connectivity index (χ0) is 18.1. The number of urea groups is 1. The van der Waals surface area contributed by atoms with E-state index in [-0.39, 0.29) is 23.7 Å². The minimum atomic E-state index is -0.185. The SMILES string of the molecule is CCOC1[C@@H]2CSC(c3ccccc3)N2C(=O)N1Cc1ccc(C)cc1. The third-order valence-corrected chi connectivity index (χ3v) is 6.38. The van der Waals surface area contributed by atoms with Crippen molar-refractivity contribution in [2.75, 3.05) is 12.4 Å². The maximum absolute atomic E-state index is 13.3. The quantitative estimate of drug-likeness (QED) is 0.784. The van der Waals surface area contributed by atoms with Crippen LogP contribution < -0.4 is 0 Å². The Morgan fingerprint density at radius 2 is 1.85 bits per heavy atom. The van der Waals surface area contributed by atoms with Crippen molar-refractivity contribution in [3.63, 3.8) is 0 Å². The highest BCUT2D eigenvalue weighted by Crippen LogP contribution is 2.47. The lowest BCUT2D eigenvalue weighted by Gasteiger charge is -2.25. The third-order valence-electron chi connectivity index (χ3n) is 5.03. The fourth-order valence-electron chi connectivity index (χ4n) is 3.75. The molecule has 2 saturated heterocycles. The molecule has 2 aliphatic heterocycles. The van der Waals surface area contributed by atoms with E-state index in [1.54, 1.807) is 0 Å². The number of carbonyl (C=O) groups excluding carboxylic acids is 1. The molecular formula is C21H24N2O2S. The number of rotatable bonds is 5. The van der Waals surface area contributed by atoms with Crippen molar-refractivity contribution in [1.82, 2.24) is 9.80 Å². The molecule has 2 aromatic carbocycles. The molecule has 0 radical (unpaired) electrons. The summed E-state index contributed by atoms with van der Waals surface area (Å²) in [6, 6.07) is 18.8. The largest absolute Gasteiger partial charge is 0.356 e. The maximum Gasteiger partial charge on any atom is 0.324 e. The van der Waals surface area contributed by atoms with Crippen molar-refractivity contribution in [1.29, 1.82) is 0 Å². The van der Waals surface area contributed by atoms with Crippen LogP contribution in [0.5, 0.6) is 0 Å². The second-order valence-corrected chi connectivity index (χ2v) is 7.93. The Kier molecular flexibility index (Phi) is 4.92. The van der Waals surface area contributed by atoms with Crippen LogP contribution in [0, 0.1) is 6.92 Å². The van der Waals surface area contributed by atoms with Crippen molar-refractivity contribution in [2.45, 2.75) is 38.0 Å². The molecule has 2 heterocycles. The van der Waals surface area contributed by atoms with E-state index in [9.17, 15) is 4.79 Å². The molecule has 4 nitrogen and oxygen atoms in total. The summed E-state index contributed by atoms with van der Waals surface area (Å²) in [6.45, 7) is 5.26. The predicted octanol–water partition coefficient (Wildman–Crippen LogP) is 4.41. The van der Waals surface area contributed by atoms with Gasteiger partial charge in [0, 0.05) is 12.4 Å². The van der Waals surface area contributed by atoms with E-state index in [1.165, 1.54) is 11.1 Å². The number of hydrogen-bond donors (Lipinski definition) is 0. The molecule has 2 amide bonds. The van der Waals surface area contributed by atoms with Crippen LogP contribution in [0.3, 0.4) is 0 Å². The van der Waals surface area contributed by atoms with Crippen LogP contribution in [0.2, 0.25) is 0 Å². The molecule has 0 N–H and O–H groups in total. The summed E-state index contributed by atoms with van der Waals surface area (Å²) in [4.78, 5) is 17.2. The zero-order valence-corrected chi connectivity index (χ0v) is 16.0. The number of benzene rings is 2. The number of carbonyl (C=O) groups is 1. The first-order chi connectivity index (χ1) is 12.7. The molecule has 0 bridgehead atoms. The molecule has 0 saturated carbocycles. The number of hydrogen-bond acceptors (Lipinski definition) is 3. The van der Waals surface area contributed by atoms with Crippen molar-refractivity contribution < 1.29 is 9.53 Å². The lowest BCUT2D eigenvalue weighted by Crippen LogP contribution is -2.39. The first-order valence-corrected chi connectivity index (χ1v) is 10.2. The second-order valence-electron chi connectivity index (χ2n) is 6.81. The molecule has 2 aliphatic rings. The van der Waals surface area contributed by atoms with Gasteiger partial charge in [0.15, 0.2) is 6.23 Å². The molecule has 3 atom stereocenters. The van der Waals surface area contributed by atoms with Gasteiger partial charge >= 0.3 is 6.03 Å². The molecule has 4 rings (SSSR count). The van der Waals surface area contributed by atoms with Gasteiger partial charge in [-0.05, 0) is 25.0 Å². The lowest BCUT2D eigenvalue weighted by atomic mass is 10.1. The Bertz CT molecular complexity index is 765. The molecule has 2 fully saturated rings. The molecule has 26 heavy (non-hydrogen) atoms. The fourth-order valence-corrected chi connectivity index (χ4v) is 5.21. The molecule has 0 aromatic heterocycles. The van der Waals surface area contributed by atoms with Gasteiger partial charge in [0.25, 0.3) is 0 Å². The molecule has 2 unspecified atom stereocenters. The first kappa shape index (κ1) is 17.4. The summed E-state index contributed by atoms with van der Waals surface area (Å²) in [6.07, 6.45) is -0.185. The number of aryl methyl sites for hydroxylation is 1. The Labute approximate surface area is 159 Å². The lowest BCUT2D eigenvalue weighted by molar-refractivity contribution is -0.0313. The number of fused-ring (bicyclic) bond motifs is 1. The number of thioether (sulfide) groups is 1. The highest BCUT2D eigenvalue weighted by Gasteiger charge is 2.53. The average molecular weight is 369 g/mol. The van der Waals surface area contributed by atoms with Gasteiger partial charge in [0.1, 0.15) is 5.37 Å². The van der Waals surface area contributed by atoms with Gasteiger partial charge in [-0.3, -0.25) is 4.90 Å². The molecule has 0 spiro atoms. The van der Waals surface area contributed by atoms with E-state index < -0.39 is 0 Å². The minimum absolute atomic E-state index is 0.0691. The van der Waals surface area contributed by atoms with Crippen LogP contribution in [0.4, 0.5) is 4.79 Å². The maximum atomic E-state index is 13.3. The van der Waals surface area contributed by atoms with Crippen LogP contribution in [-0.4, -0.2) is 40.5 Å². The normalized spacial score (nSPS) is 25.0. The van der Waals surface area contributed by atoms with E-state index in [4.69, 9.17) is 4.74 Å². The van der Waals surface area contributed by atoms with Gasteiger partial charge in [-0.1, -0.05) is 60.2 Å². The van der Waals surface area contributed by atoms with Gasteiger partial charge in [-0.15, -0.1) is 11.8 Å². The van der Waals surface area contributed by atoms with Crippen LogP contribution in [0.1, 0.15) is 29.0 Å². The topological polar surface area (TPSA) is 32.8 Å². The number of amides is 2. The highest BCUT2D eigenvalue weighted by molar-refractivity contribution is 7.99. The third kappa shape index (κ3) is 3.10. The Morgan fingerprint density at radius 3 is 2.54 bits per heavy atom. The van der Waals surface area contributed by atoms with Gasteiger partial charge in [0.05, 0.1) is 12.6 Å². The average Bonchev–Trinajstić information content (AvgIpc) is 3.20. The van der Waals surface area contributed by atoms with Gasteiger partial charge in [-0.25, -0.2) is 4.79 Å². The fraction of sp³-hybridized carbons (Fsp3) is 0.381. The van der Waals surface area contributed by atoms with Crippen molar-refractivity contribution in [2.24, 2.45) is 0 Å². The van der Waals surface area contributed by atoms with Crippen LogP contribution in [-0.2, 0) is 11.3 Å². The summed E-state index contributed by atoms with van der Waals surface area (Å²) in [5.41, 5.74) is 3.54. The van der Waals surface area contributed by atoms with Crippen LogP contribution in [0.15, 0.2) is 54.6 Å². The Hall–Kier alpha value is -1.98. The smallest absolute Gasteiger partial charge is 0.324 e. The molecule has 2 aromatic rings. The van der Waals surface area contributed by atoms with Crippen LogP contribution in [0.25, 0.3) is 0 Å². The van der Waals surface area contributed by atoms with E-state index in [0.29, 0.717) is 13.2 Å². The van der Waals surface area contributed by atoms with E-state index >= 15 is 0 Å². The zero-order valence-electron chi connectivity index (χ0n) is 15.2. The summed E-state index contributed by atoms with van der Waals surface area (Å²) >= 11 is 1.83. The van der Waals surface area contributed by atoms with Crippen LogP contribution >= 0.6 is 11.8 Å². The van der Waals surface area contributed by atoms with Gasteiger partial charge < -0.3 is 9.64 Å². The summed E-state index contributed by atoms with van der Waals surface area (Å²) < 4.78 is 6.03. The standard InChI is InChI=1S/C21H24N2O2S/c1-3-25-19-18-14-26-20(17-7-5-4-6-8-17)23(18)21(24)22(19)13-16-11-9-15(2)10-12-16/h4-12,18-20H,3,13-14H2,1-2H3/t18-,19?,20?/m0/s1. The summed E-state index contributed by atoms with van der Waals surface area (Å²) in [5.74, 6) is 0.903. The van der Waals surface area contributed by atoms with Crippen molar-refractivity contribution in [3.8, 4) is 0 Å². The first-order valence-electron chi connectivity index (χ1n) is 9.11. The summed E-state index contributed by atoms with van der Waals surface area (Å²) in [7, 11) is 0. The molecule has 136 valence electrons. The summed E-state index contributed by atoms with van der Waals surface area (Å²) in [5, 5.41) is 0.0691. The monoisotopic (exact) mass is 368 g/mol. The van der Waals surface area contributed by atoms with Crippen molar-refractivity contribution in [3.05, 3.63) is 71.3 Å². The van der Waals surface area contributed by atoms with Gasteiger partial charge in [-0.2, -0.15) is 0 Å². The van der Waals surface area contributed by atoms with Crippen molar-refractivity contribution >= 4 is 17.8 Å². The molecule has 5 heteroatoms. The minimum Gasteiger partial charge on any atom is -0.356 e. The Morgan fingerprint density at radius 1 is 1.12 bits per heavy atom. The second kappa shape index (κ2) is 7.33. The van der Waals surface area contributed by atoms with E-state index in [1.807, 2.05) is 46.7 Å². The van der Waals surface area contributed by atoms with E-state index in [0.717, 1.165) is 11.3 Å². The number of nitrogens with zero attached hydrogens (tertiary/aromatic N) is 2. The molecular weight excluding hydrogens is 344 g/mol.